The van der Waals surface area contributed by atoms with Gasteiger partial charge in [0.05, 0.1) is 11.4 Å². The molecule has 1 aliphatic heterocycles. The minimum Gasteiger partial charge on any atom is -0.397 e. The molecule has 0 bridgehead atoms. The van der Waals surface area contributed by atoms with Crippen LogP contribution in [0.5, 0.6) is 0 Å². The van der Waals surface area contributed by atoms with Crippen LogP contribution in [-0.4, -0.2) is 10.4 Å². The third-order valence-corrected chi connectivity index (χ3v) is 1.60. The number of hydrogen-bond donors (Lipinski definition) is 2. The maximum atomic E-state index is 7.38. The largest absolute Gasteiger partial charge is 0.397 e. The zero-order valence-electron chi connectivity index (χ0n) is 5.33. The molecule has 2 heterocycles. The van der Waals surface area contributed by atoms with E-state index in [1.54, 1.807) is 10.6 Å². The predicted molar refractivity (Wildman–Crippen MR) is 39.7 cm³/mol. The number of fused-ring (bicyclic) bond motifs is 1. The molecule has 50 valence electrons. The molecule has 0 aliphatic carbocycles. The summed E-state index contributed by atoms with van der Waals surface area (Å²) >= 11 is 0. The molecule has 0 saturated carbocycles. The first kappa shape index (κ1) is 5.29. The normalized spacial score (nSPS) is 15.2. The van der Waals surface area contributed by atoms with Gasteiger partial charge in [-0.1, -0.05) is 0 Å². The Kier molecular flexibility index (Phi) is 0.795. The van der Waals surface area contributed by atoms with Crippen LogP contribution in [-0.2, 0) is 0 Å². The van der Waals surface area contributed by atoms with Crippen molar-refractivity contribution in [3.8, 4) is 0 Å². The summed E-state index contributed by atoms with van der Waals surface area (Å²) in [5.41, 5.74) is 7.18. The SMILES string of the molecule is N=C1C=C(N)c2cccn21. The van der Waals surface area contributed by atoms with Crippen molar-refractivity contribution in [3.63, 3.8) is 0 Å². The fourth-order valence-corrected chi connectivity index (χ4v) is 1.12. The Morgan fingerprint density at radius 3 is 3.00 bits per heavy atom. The fraction of sp³-hybridized carbons (Fsp3) is 0. The standard InChI is InChI=1S/C7H7N3/c8-5-4-7(9)10-3-1-2-6(5)10/h1-4,9H,8H2. The minimum absolute atomic E-state index is 0.442. The number of nitrogens with zero attached hydrogens (tertiary/aromatic N) is 1. The summed E-state index contributed by atoms with van der Waals surface area (Å²) in [6.45, 7) is 0. The van der Waals surface area contributed by atoms with Gasteiger partial charge in [0.25, 0.3) is 0 Å². The van der Waals surface area contributed by atoms with Crippen molar-refractivity contribution in [2.45, 2.75) is 0 Å². The Balaban J connectivity index is 2.72. The van der Waals surface area contributed by atoms with Crippen LogP contribution in [0, 0.1) is 5.41 Å². The molecular weight excluding hydrogens is 126 g/mol. The second-order valence-electron chi connectivity index (χ2n) is 2.25. The molecule has 3 N–H and O–H groups in total. The summed E-state index contributed by atoms with van der Waals surface area (Å²) in [4.78, 5) is 0. The van der Waals surface area contributed by atoms with Crippen molar-refractivity contribution in [2.75, 3.05) is 0 Å². The van der Waals surface area contributed by atoms with Gasteiger partial charge in [-0.3, -0.25) is 5.41 Å². The van der Waals surface area contributed by atoms with Gasteiger partial charge in [0.15, 0.2) is 0 Å². The lowest BCUT2D eigenvalue weighted by atomic mass is 10.3. The van der Waals surface area contributed by atoms with Crippen LogP contribution in [0.2, 0.25) is 0 Å². The van der Waals surface area contributed by atoms with E-state index in [0.717, 1.165) is 5.69 Å². The van der Waals surface area contributed by atoms with Gasteiger partial charge in [-0.05, 0) is 12.1 Å². The first-order valence-corrected chi connectivity index (χ1v) is 3.03. The van der Waals surface area contributed by atoms with Crippen molar-refractivity contribution in [1.29, 1.82) is 5.41 Å². The summed E-state index contributed by atoms with van der Waals surface area (Å²) in [7, 11) is 0. The molecule has 1 aromatic heterocycles. The Morgan fingerprint density at radius 1 is 1.50 bits per heavy atom. The zero-order chi connectivity index (χ0) is 7.14. The highest BCUT2D eigenvalue weighted by Gasteiger charge is 2.13. The van der Waals surface area contributed by atoms with Crippen molar-refractivity contribution < 1.29 is 0 Å². The van der Waals surface area contributed by atoms with Gasteiger partial charge in [-0.2, -0.15) is 0 Å². The van der Waals surface area contributed by atoms with E-state index in [9.17, 15) is 0 Å². The van der Waals surface area contributed by atoms with Crippen LogP contribution in [0.1, 0.15) is 5.69 Å². The summed E-state index contributed by atoms with van der Waals surface area (Å²) in [6, 6.07) is 3.77. The molecule has 0 spiro atoms. The molecule has 0 saturated heterocycles. The van der Waals surface area contributed by atoms with E-state index in [-0.39, 0.29) is 0 Å². The van der Waals surface area contributed by atoms with Gasteiger partial charge < -0.3 is 10.3 Å². The zero-order valence-corrected chi connectivity index (χ0v) is 5.33. The molecule has 3 heteroatoms. The second kappa shape index (κ2) is 1.50. The average molecular weight is 133 g/mol. The molecule has 1 aromatic rings. The number of nitrogens with two attached hydrogens (primary N) is 1. The van der Waals surface area contributed by atoms with Crippen LogP contribution in [0.4, 0.5) is 0 Å². The molecular formula is C7H7N3. The summed E-state index contributed by atoms with van der Waals surface area (Å²) in [5.74, 6) is 0.442. The Bertz CT molecular complexity index is 319. The third-order valence-electron chi connectivity index (χ3n) is 1.60. The van der Waals surface area contributed by atoms with Gasteiger partial charge in [0.1, 0.15) is 5.84 Å². The van der Waals surface area contributed by atoms with Crippen LogP contribution in [0.15, 0.2) is 24.4 Å². The van der Waals surface area contributed by atoms with Crippen molar-refractivity contribution in [1.82, 2.24) is 4.57 Å². The molecule has 10 heavy (non-hydrogen) atoms. The van der Waals surface area contributed by atoms with E-state index in [2.05, 4.69) is 0 Å². The number of nitrogens with one attached hydrogen (secondary N) is 1. The van der Waals surface area contributed by atoms with Crippen LogP contribution in [0.3, 0.4) is 0 Å². The highest BCUT2D eigenvalue weighted by molar-refractivity contribution is 6.04. The van der Waals surface area contributed by atoms with Crippen LogP contribution >= 0.6 is 0 Å². The molecule has 0 amide bonds. The van der Waals surface area contributed by atoms with Crippen LogP contribution < -0.4 is 5.73 Å². The monoisotopic (exact) mass is 133 g/mol. The molecule has 0 atom stereocenters. The third kappa shape index (κ3) is 0.466. The van der Waals surface area contributed by atoms with E-state index >= 15 is 0 Å². The topological polar surface area (TPSA) is 54.8 Å². The number of hydrogen-bond acceptors (Lipinski definition) is 2. The first-order valence-electron chi connectivity index (χ1n) is 3.03. The Morgan fingerprint density at radius 2 is 2.30 bits per heavy atom. The van der Waals surface area contributed by atoms with Crippen LogP contribution in [0.25, 0.3) is 5.70 Å². The van der Waals surface area contributed by atoms with E-state index in [1.807, 2.05) is 18.3 Å². The lowest BCUT2D eigenvalue weighted by Gasteiger charge is -1.94. The Hall–Kier alpha value is -1.51. The van der Waals surface area contributed by atoms with Gasteiger partial charge in [-0.15, -0.1) is 0 Å². The van der Waals surface area contributed by atoms with Crippen molar-refractivity contribution in [3.05, 3.63) is 30.1 Å². The highest BCUT2D eigenvalue weighted by atomic mass is 15.1. The predicted octanol–water partition coefficient (Wildman–Crippen LogP) is 0.627. The molecule has 0 fully saturated rings. The Labute approximate surface area is 58.3 Å². The smallest absolute Gasteiger partial charge is 0.131 e. The molecule has 0 aromatic carbocycles. The fourth-order valence-electron chi connectivity index (χ4n) is 1.12. The second-order valence-corrected chi connectivity index (χ2v) is 2.25. The average Bonchev–Trinajstić information content (AvgIpc) is 2.39. The van der Waals surface area contributed by atoms with E-state index in [1.165, 1.54) is 0 Å². The van der Waals surface area contributed by atoms with Gasteiger partial charge in [0, 0.05) is 12.3 Å². The quantitative estimate of drug-likeness (QED) is 0.535. The van der Waals surface area contributed by atoms with Crippen molar-refractivity contribution in [2.24, 2.45) is 5.73 Å². The lowest BCUT2D eigenvalue weighted by molar-refractivity contribution is 1.14. The summed E-state index contributed by atoms with van der Waals surface area (Å²) < 4.78 is 1.75. The van der Waals surface area contributed by atoms with Crippen molar-refractivity contribution >= 4 is 11.5 Å². The number of rotatable bonds is 0. The van der Waals surface area contributed by atoms with E-state index in [4.69, 9.17) is 11.1 Å². The number of aromatic nitrogens is 1. The highest BCUT2D eigenvalue weighted by Crippen LogP contribution is 2.16. The van der Waals surface area contributed by atoms with Gasteiger partial charge in [0.2, 0.25) is 0 Å². The number of allylic oxidation sites excluding steroid dienone is 1. The molecule has 0 radical (unpaired) electrons. The molecule has 1 aliphatic rings. The molecule has 0 unspecified atom stereocenters. The van der Waals surface area contributed by atoms with Gasteiger partial charge >= 0.3 is 0 Å². The maximum absolute atomic E-state index is 7.38. The summed E-state index contributed by atoms with van der Waals surface area (Å²) in [6.07, 6.45) is 3.48. The van der Waals surface area contributed by atoms with Gasteiger partial charge in [-0.25, -0.2) is 0 Å². The maximum Gasteiger partial charge on any atom is 0.131 e. The van der Waals surface area contributed by atoms with E-state index < -0.39 is 0 Å². The first-order chi connectivity index (χ1) is 4.79. The molecule has 2 rings (SSSR count). The molecule has 3 nitrogen and oxygen atoms in total. The summed E-state index contributed by atoms with van der Waals surface area (Å²) in [5, 5.41) is 7.38. The minimum atomic E-state index is 0.442. The van der Waals surface area contributed by atoms with E-state index in [0.29, 0.717) is 11.5 Å². The lowest BCUT2D eigenvalue weighted by Crippen LogP contribution is -2.01.